The highest BCUT2D eigenvalue weighted by Crippen LogP contribution is 2.25. The van der Waals surface area contributed by atoms with Gasteiger partial charge in [0.05, 0.1) is 13.2 Å². The predicted octanol–water partition coefficient (Wildman–Crippen LogP) is 5.08. The molecule has 0 bridgehead atoms. The molecule has 0 radical (unpaired) electrons. The summed E-state index contributed by atoms with van der Waals surface area (Å²) in [5, 5.41) is 3.07. The Labute approximate surface area is 150 Å². The monoisotopic (exact) mass is 359 g/mol. The third-order valence-corrected chi connectivity index (χ3v) is 3.63. The number of nitrogens with one attached hydrogen (secondary N) is 1. The summed E-state index contributed by atoms with van der Waals surface area (Å²) in [4.78, 5) is 3.93. The molecule has 7 heteroatoms. The van der Waals surface area contributed by atoms with Crippen LogP contribution in [0.5, 0.6) is 17.2 Å². The van der Waals surface area contributed by atoms with E-state index in [4.69, 9.17) is 9.47 Å². The van der Waals surface area contributed by atoms with Gasteiger partial charge in [-0.3, -0.25) is 4.57 Å². The van der Waals surface area contributed by atoms with Crippen molar-refractivity contribution in [2.75, 3.05) is 11.9 Å². The minimum atomic E-state index is -2.60. The Morgan fingerprint density at radius 1 is 1.00 bits per heavy atom. The van der Waals surface area contributed by atoms with Crippen LogP contribution in [0.3, 0.4) is 0 Å². The fraction of sp³-hybridized carbons (Fsp3) is 0.211. The Morgan fingerprint density at radius 3 is 2.23 bits per heavy atom. The van der Waals surface area contributed by atoms with Crippen molar-refractivity contribution in [1.82, 2.24) is 9.55 Å². The van der Waals surface area contributed by atoms with Gasteiger partial charge in [0.1, 0.15) is 23.1 Å². The van der Waals surface area contributed by atoms with E-state index >= 15 is 0 Å². The second-order valence-corrected chi connectivity index (χ2v) is 5.41. The number of hydrogen-bond donors (Lipinski definition) is 1. The summed E-state index contributed by atoms with van der Waals surface area (Å²) in [5.41, 5.74) is 0.785. The first-order valence-corrected chi connectivity index (χ1v) is 8.20. The average Bonchev–Trinajstić information content (AvgIpc) is 3.12. The van der Waals surface area contributed by atoms with Crippen LogP contribution in [-0.2, 0) is 6.54 Å². The van der Waals surface area contributed by atoms with Crippen LogP contribution in [0.4, 0.5) is 14.5 Å². The number of alkyl halides is 2. The molecule has 26 heavy (non-hydrogen) atoms. The van der Waals surface area contributed by atoms with Gasteiger partial charge in [-0.2, -0.15) is 8.78 Å². The number of nitrogens with zero attached hydrogens (tertiary/aromatic N) is 2. The maximum atomic E-state index is 12.8. The van der Waals surface area contributed by atoms with Gasteiger partial charge in [-0.05, 0) is 55.5 Å². The number of benzene rings is 2. The highest BCUT2D eigenvalue weighted by atomic mass is 19.3. The maximum Gasteiger partial charge on any atom is 0.319 e. The van der Waals surface area contributed by atoms with Crippen LogP contribution in [-0.4, -0.2) is 16.2 Å². The number of ether oxygens (including phenoxy) is 2. The first kappa shape index (κ1) is 17.7. The molecule has 3 rings (SSSR count). The van der Waals surface area contributed by atoms with Crippen molar-refractivity contribution in [2.45, 2.75) is 20.0 Å². The Hall–Kier alpha value is -3.09. The quantitative estimate of drug-likeness (QED) is 0.609. The molecule has 136 valence electrons. The number of aromatic nitrogens is 2. The molecular weight excluding hydrogens is 340 g/mol. The van der Waals surface area contributed by atoms with E-state index in [0.717, 1.165) is 16.0 Å². The molecule has 0 unspecified atom stereocenters. The summed E-state index contributed by atoms with van der Waals surface area (Å²) >= 11 is 0. The van der Waals surface area contributed by atoms with Gasteiger partial charge in [0.25, 0.3) is 0 Å². The SMILES string of the molecule is CCOc1ccc(Oc2ccc(NCc3nccn3C(F)F)cc2)cc1. The molecule has 0 amide bonds. The van der Waals surface area contributed by atoms with Gasteiger partial charge >= 0.3 is 6.55 Å². The van der Waals surface area contributed by atoms with Crippen molar-refractivity contribution < 1.29 is 18.3 Å². The predicted molar refractivity (Wildman–Crippen MR) is 94.9 cm³/mol. The highest BCUT2D eigenvalue weighted by Gasteiger charge is 2.10. The number of imidazole rings is 1. The standard InChI is InChI=1S/C19H19F2N3O2/c1-2-25-15-7-9-17(10-8-15)26-16-5-3-14(4-6-16)23-13-18-22-11-12-24(18)19(20)21/h3-12,19,23H,2,13H2,1H3. The van der Waals surface area contributed by atoms with Gasteiger partial charge in [0.15, 0.2) is 0 Å². The van der Waals surface area contributed by atoms with Gasteiger partial charge in [-0.15, -0.1) is 0 Å². The van der Waals surface area contributed by atoms with Gasteiger partial charge in [-0.25, -0.2) is 4.98 Å². The van der Waals surface area contributed by atoms with Crippen LogP contribution in [0.25, 0.3) is 0 Å². The molecule has 0 aliphatic carbocycles. The molecule has 1 aromatic heterocycles. The second kappa shape index (κ2) is 8.33. The minimum absolute atomic E-state index is 0.205. The fourth-order valence-corrected chi connectivity index (χ4v) is 2.39. The molecule has 0 aliphatic heterocycles. The fourth-order valence-electron chi connectivity index (χ4n) is 2.39. The molecule has 0 atom stereocenters. The van der Waals surface area contributed by atoms with Gasteiger partial charge in [-0.1, -0.05) is 0 Å². The molecule has 0 fully saturated rings. The zero-order valence-electron chi connectivity index (χ0n) is 14.2. The number of hydrogen-bond acceptors (Lipinski definition) is 4. The van der Waals surface area contributed by atoms with Crippen LogP contribution in [0.2, 0.25) is 0 Å². The molecule has 1 heterocycles. The van der Waals surface area contributed by atoms with E-state index in [1.54, 1.807) is 12.1 Å². The molecule has 3 aromatic rings. The summed E-state index contributed by atoms with van der Waals surface area (Å²) in [5.74, 6) is 2.44. The van der Waals surface area contributed by atoms with Gasteiger partial charge in [0.2, 0.25) is 0 Å². The molecule has 0 aliphatic rings. The first-order valence-electron chi connectivity index (χ1n) is 8.20. The summed E-state index contributed by atoms with van der Waals surface area (Å²) in [6, 6.07) is 14.6. The van der Waals surface area contributed by atoms with E-state index in [2.05, 4.69) is 10.3 Å². The Balaban J connectivity index is 1.57. The smallest absolute Gasteiger partial charge is 0.319 e. The van der Waals surface area contributed by atoms with Crippen molar-refractivity contribution in [2.24, 2.45) is 0 Å². The topological polar surface area (TPSA) is 48.3 Å². The lowest BCUT2D eigenvalue weighted by molar-refractivity contribution is 0.0673. The molecule has 1 N–H and O–H groups in total. The summed E-state index contributed by atoms with van der Waals surface area (Å²) in [7, 11) is 0. The van der Waals surface area contributed by atoms with Crippen molar-refractivity contribution >= 4 is 5.69 Å². The van der Waals surface area contributed by atoms with Crippen molar-refractivity contribution in [3.05, 3.63) is 66.7 Å². The van der Waals surface area contributed by atoms with Crippen LogP contribution in [0, 0.1) is 0 Å². The van der Waals surface area contributed by atoms with E-state index in [0.29, 0.717) is 18.1 Å². The summed E-state index contributed by atoms with van der Waals surface area (Å²) < 4.78 is 37.6. The second-order valence-electron chi connectivity index (χ2n) is 5.41. The number of halogens is 2. The lowest BCUT2D eigenvalue weighted by Gasteiger charge is -2.10. The van der Waals surface area contributed by atoms with E-state index in [-0.39, 0.29) is 12.4 Å². The molecule has 0 saturated heterocycles. The van der Waals surface area contributed by atoms with Crippen molar-refractivity contribution in [3.63, 3.8) is 0 Å². The maximum absolute atomic E-state index is 12.8. The molecular formula is C19H19F2N3O2. The number of rotatable bonds is 8. The zero-order valence-corrected chi connectivity index (χ0v) is 14.2. The van der Waals surface area contributed by atoms with E-state index in [1.807, 2.05) is 43.3 Å². The molecule has 2 aromatic carbocycles. The normalized spacial score (nSPS) is 10.8. The van der Waals surface area contributed by atoms with E-state index < -0.39 is 6.55 Å². The number of anilines is 1. The lowest BCUT2D eigenvalue weighted by atomic mass is 10.3. The Morgan fingerprint density at radius 2 is 1.62 bits per heavy atom. The van der Waals surface area contributed by atoms with E-state index in [1.165, 1.54) is 12.4 Å². The lowest BCUT2D eigenvalue weighted by Crippen LogP contribution is -2.08. The van der Waals surface area contributed by atoms with Crippen LogP contribution in [0.1, 0.15) is 19.3 Å². The Kier molecular flexibility index (Phi) is 5.68. The summed E-state index contributed by atoms with van der Waals surface area (Å²) in [6.07, 6.45) is 2.62. The average molecular weight is 359 g/mol. The summed E-state index contributed by atoms with van der Waals surface area (Å²) in [6.45, 7) is 0.156. The Bertz CT molecular complexity index is 818. The van der Waals surface area contributed by atoms with Crippen LogP contribution >= 0.6 is 0 Å². The van der Waals surface area contributed by atoms with Gasteiger partial charge < -0.3 is 14.8 Å². The third-order valence-electron chi connectivity index (χ3n) is 3.63. The van der Waals surface area contributed by atoms with E-state index in [9.17, 15) is 8.78 Å². The minimum Gasteiger partial charge on any atom is -0.494 e. The van der Waals surface area contributed by atoms with Crippen LogP contribution < -0.4 is 14.8 Å². The highest BCUT2D eigenvalue weighted by molar-refractivity contribution is 5.47. The first-order chi connectivity index (χ1) is 12.7. The molecule has 0 spiro atoms. The van der Waals surface area contributed by atoms with Crippen molar-refractivity contribution in [1.29, 1.82) is 0 Å². The van der Waals surface area contributed by atoms with Crippen molar-refractivity contribution in [3.8, 4) is 17.2 Å². The zero-order chi connectivity index (χ0) is 18.4. The van der Waals surface area contributed by atoms with Gasteiger partial charge in [0, 0.05) is 18.1 Å². The third kappa shape index (κ3) is 4.50. The largest absolute Gasteiger partial charge is 0.494 e. The van der Waals surface area contributed by atoms with Crippen LogP contribution in [0.15, 0.2) is 60.9 Å². The molecule has 0 saturated carbocycles. The molecule has 5 nitrogen and oxygen atoms in total.